The third-order valence-electron chi connectivity index (χ3n) is 5.71. The molecular weight excluding hydrogens is 466 g/mol. The number of nitrogens with one attached hydrogen (secondary N) is 1. The van der Waals surface area contributed by atoms with E-state index in [1.54, 1.807) is 31.7 Å². The molecule has 4 rings (SSSR count). The van der Waals surface area contributed by atoms with Crippen molar-refractivity contribution in [3.63, 3.8) is 0 Å². The normalized spacial score (nSPS) is 20.6. The first-order valence-corrected chi connectivity index (χ1v) is 11.8. The molecule has 0 aliphatic carbocycles. The molecule has 1 aromatic carbocycles. The number of benzene rings is 1. The lowest BCUT2D eigenvalue weighted by molar-refractivity contribution is -0.144. The number of hydrogen-bond donors (Lipinski definition) is 1. The summed E-state index contributed by atoms with van der Waals surface area (Å²) in [6, 6.07) is 5.61. The van der Waals surface area contributed by atoms with Crippen LogP contribution in [0, 0.1) is 13.8 Å². The lowest BCUT2D eigenvalue weighted by Crippen LogP contribution is -2.53. The number of nitrogens with zero attached hydrogens (tertiary/aromatic N) is 2. The lowest BCUT2D eigenvalue weighted by atomic mass is 10.0. The molecule has 0 saturated carbocycles. The van der Waals surface area contributed by atoms with Crippen LogP contribution in [0.25, 0.3) is 0 Å². The van der Waals surface area contributed by atoms with Crippen molar-refractivity contribution >= 4 is 52.2 Å². The molecule has 0 unspecified atom stereocenters. The summed E-state index contributed by atoms with van der Waals surface area (Å²) >= 11 is 7.01. The molecule has 1 atom stereocenters. The molecular formula is C23H26ClN3O5S. The predicted octanol–water partition coefficient (Wildman–Crippen LogP) is 3.92. The zero-order valence-corrected chi connectivity index (χ0v) is 20.4. The molecule has 0 spiro atoms. The van der Waals surface area contributed by atoms with Gasteiger partial charge in [-0.25, -0.2) is 4.79 Å². The van der Waals surface area contributed by atoms with Crippen LogP contribution < -0.4 is 15.1 Å². The Labute approximate surface area is 202 Å². The Bertz CT molecular complexity index is 1170. The summed E-state index contributed by atoms with van der Waals surface area (Å²) < 4.78 is 19.1. The minimum absolute atomic E-state index is 0.106. The predicted molar refractivity (Wildman–Crippen MR) is 128 cm³/mol. The molecule has 1 N–H and O–H groups in total. The van der Waals surface area contributed by atoms with Crippen LogP contribution in [0.15, 0.2) is 24.2 Å². The van der Waals surface area contributed by atoms with E-state index in [1.165, 1.54) is 4.90 Å². The number of hydrogen-bond acceptors (Lipinski definition) is 6. The molecule has 2 fully saturated rings. The van der Waals surface area contributed by atoms with Gasteiger partial charge < -0.3 is 19.7 Å². The minimum atomic E-state index is -0.880. The third kappa shape index (κ3) is 4.71. The van der Waals surface area contributed by atoms with Crippen LogP contribution in [0.5, 0.6) is 0 Å². The summed E-state index contributed by atoms with van der Waals surface area (Å²) in [5.74, 6) is -0.457. The molecule has 8 nitrogen and oxygen atoms in total. The summed E-state index contributed by atoms with van der Waals surface area (Å²) in [5, 5.41) is 2.76. The molecule has 2 aromatic rings. The molecule has 33 heavy (non-hydrogen) atoms. The van der Waals surface area contributed by atoms with Crippen molar-refractivity contribution in [3.05, 3.63) is 44.6 Å². The van der Waals surface area contributed by atoms with Crippen molar-refractivity contribution in [3.8, 4) is 0 Å². The monoisotopic (exact) mass is 492 g/mol. The number of cyclic esters (lactones) is 1. The van der Waals surface area contributed by atoms with Crippen LogP contribution in [0.2, 0.25) is 4.34 Å². The molecule has 2 aliphatic heterocycles. The van der Waals surface area contributed by atoms with E-state index in [1.807, 2.05) is 19.1 Å². The number of anilines is 2. The molecule has 0 radical (unpaired) electrons. The third-order valence-corrected chi connectivity index (χ3v) is 7.01. The second-order valence-corrected chi connectivity index (χ2v) is 10.2. The largest absolute Gasteiger partial charge is 0.442 e. The van der Waals surface area contributed by atoms with Gasteiger partial charge in [0.05, 0.1) is 30.3 Å². The van der Waals surface area contributed by atoms with Crippen molar-refractivity contribution in [2.45, 2.75) is 39.4 Å². The van der Waals surface area contributed by atoms with Crippen LogP contribution in [0.3, 0.4) is 0 Å². The number of halogens is 1. The van der Waals surface area contributed by atoms with E-state index in [0.29, 0.717) is 29.3 Å². The number of amides is 3. The number of ether oxygens (including phenoxy) is 2. The highest BCUT2D eigenvalue weighted by Gasteiger charge is 2.38. The first-order chi connectivity index (χ1) is 16.0. The second-order valence-electron chi connectivity index (χ2n) is 8.57. The van der Waals surface area contributed by atoms with Gasteiger partial charge in [0.1, 0.15) is 11.7 Å². The Balaban J connectivity index is 1.42. The summed E-state index contributed by atoms with van der Waals surface area (Å²) in [7, 11) is 0. The molecule has 1 aromatic heterocycles. The van der Waals surface area contributed by atoms with Gasteiger partial charge in [-0.2, -0.15) is 0 Å². The second kappa shape index (κ2) is 8.96. The fraction of sp³-hybridized carbons (Fsp3) is 0.435. The maximum atomic E-state index is 12.8. The molecule has 3 heterocycles. The first kappa shape index (κ1) is 22.2. The number of morpholine rings is 1. The number of rotatable bonds is 5. The Kier molecular flexibility index (Phi) is 6.03. The van der Waals surface area contributed by atoms with E-state index in [-0.39, 0.29) is 35.3 Å². The van der Waals surface area contributed by atoms with E-state index in [4.69, 9.17) is 22.4 Å². The number of carbonyl (C=O) groups excluding carboxylic acids is 3. The van der Waals surface area contributed by atoms with Gasteiger partial charge in [-0.05, 0) is 63.1 Å². The average Bonchev–Trinajstić information content (AvgIpc) is 3.28. The van der Waals surface area contributed by atoms with Gasteiger partial charge in [0.15, 0.2) is 0 Å². The fourth-order valence-electron chi connectivity index (χ4n) is 3.96. The van der Waals surface area contributed by atoms with Crippen LogP contribution in [0.4, 0.5) is 16.2 Å². The molecule has 10 heteroatoms. The van der Waals surface area contributed by atoms with Crippen LogP contribution in [-0.4, -0.2) is 55.9 Å². The molecule has 2 aliphatic rings. The van der Waals surface area contributed by atoms with Gasteiger partial charge in [-0.15, -0.1) is 11.3 Å². The van der Waals surface area contributed by atoms with E-state index in [0.717, 1.165) is 22.6 Å². The minimum Gasteiger partial charge on any atom is -0.442 e. The van der Waals surface area contributed by atoms with Gasteiger partial charge >= 0.3 is 6.09 Å². The Morgan fingerprint density at radius 1 is 1.30 bits per heavy atom. The summed E-state index contributed by atoms with van der Waals surface area (Å²) in [6.07, 6.45) is -1.02. The zero-order chi connectivity index (χ0) is 24.8. The number of thiophene rings is 1. The topological polar surface area (TPSA) is 88.2 Å². The number of carbonyl (C=O) groups is 3. The SMILES string of the molecule is [2H]c1c(Cl)sc(C(=O)NC[C@H]2CN(c3ccc(N4CCOC(C)(C)C4=O)c(C)c3)C(=O)O2)c1C. The van der Waals surface area contributed by atoms with Crippen molar-refractivity contribution in [1.29, 1.82) is 0 Å². The highest BCUT2D eigenvalue weighted by molar-refractivity contribution is 7.18. The van der Waals surface area contributed by atoms with Gasteiger partial charge in [0, 0.05) is 17.9 Å². The molecule has 0 bridgehead atoms. The maximum absolute atomic E-state index is 12.8. The smallest absolute Gasteiger partial charge is 0.414 e. The van der Waals surface area contributed by atoms with Gasteiger partial charge in [-0.1, -0.05) is 11.6 Å². The van der Waals surface area contributed by atoms with Gasteiger partial charge in [-0.3, -0.25) is 14.5 Å². The van der Waals surface area contributed by atoms with Crippen molar-refractivity contribution < 1.29 is 25.2 Å². The standard InChI is InChI=1S/C23H26ClN3O5S/c1-13-9-15(5-6-17(13)26-7-8-31-23(3,4)21(26)29)27-12-16(32-22(27)30)11-25-20(28)19-14(2)10-18(24)33-19/h5-6,9-10,16H,7-8,11-12H2,1-4H3,(H,25,28)/t16-/m0/s1/i10D. The van der Waals surface area contributed by atoms with Crippen molar-refractivity contribution in [2.24, 2.45) is 0 Å². The molecule has 2 saturated heterocycles. The summed E-state index contributed by atoms with van der Waals surface area (Å²) in [5.41, 5.74) is 1.93. The summed E-state index contributed by atoms with van der Waals surface area (Å²) in [4.78, 5) is 41.4. The average molecular weight is 493 g/mol. The quantitative estimate of drug-likeness (QED) is 0.683. The Morgan fingerprint density at radius 3 is 2.73 bits per heavy atom. The van der Waals surface area contributed by atoms with Crippen molar-refractivity contribution in [2.75, 3.05) is 36.0 Å². The van der Waals surface area contributed by atoms with E-state index >= 15 is 0 Å². The lowest BCUT2D eigenvalue weighted by Gasteiger charge is -2.38. The van der Waals surface area contributed by atoms with Gasteiger partial charge in [0.25, 0.3) is 11.8 Å². The van der Waals surface area contributed by atoms with E-state index in [2.05, 4.69) is 5.32 Å². The van der Waals surface area contributed by atoms with Gasteiger partial charge in [0.2, 0.25) is 0 Å². The number of aryl methyl sites for hydroxylation is 1. The van der Waals surface area contributed by atoms with Crippen molar-refractivity contribution in [1.82, 2.24) is 5.32 Å². The van der Waals surface area contributed by atoms with E-state index < -0.39 is 17.8 Å². The Hall–Kier alpha value is -2.62. The molecule has 3 amide bonds. The highest BCUT2D eigenvalue weighted by atomic mass is 35.5. The maximum Gasteiger partial charge on any atom is 0.414 e. The highest BCUT2D eigenvalue weighted by Crippen LogP contribution is 2.31. The Morgan fingerprint density at radius 2 is 2.06 bits per heavy atom. The summed E-state index contributed by atoms with van der Waals surface area (Å²) in [6.45, 7) is 8.40. The van der Waals surface area contributed by atoms with Crippen LogP contribution in [0.1, 0.15) is 36.0 Å². The van der Waals surface area contributed by atoms with Crippen LogP contribution >= 0.6 is 22.9 Å². The first-order valence-electron chi connectivity index (χ1n) is 11.1. The van der Waals surface area contributed by atoms with Crippen LogP contribution in [-0.2, 0) is 14.3 Å². The zero-order valence-electron chi connectivity index (χ0n) is 19.9. The van der Waals surface area contributed by atoms with E-state index in [9.17, 15) is 14.4 Å². The fourth-order valence-corrected chi connectivity index (χ4v) is 5.08. The molecule has 176 valence electrons.